The molecular formula is C21H19F2N3O4. The van der Waals surface area contributed by atoms with E-state index in [4.69, 9.17) is 9.84 Å². The molecular weight excluding hydrogens is 396 g/mol. The average Bonchev–Trinajstić information content (AvgIpc) is 2.75. The Morgan fingerprint density at radius 2 is 1.67 bits per heavy atom. The van der Waals surface area contributed by atoms with Gasteiger partial charge in [-0.15, -0.1) is 0 Å². The van der Waals surface area contributed by atoms with Crippen molar-refractivity contribution in [2.24, 2.45) is 0 Å². The van der Waals surface area contributed by atoms with Crippen LogP contribution in [0.15, 0.2) is 47.4 Å². The molecule has 1 fully saturated rings. The van der Waals surface area contributed by atoms with Crippen molar-refractivity contribution >= 4 is 28.2 Å². The Bertz CT molecular complexity index is 1170. The van der Waals surface area contributed by atoms with Gasteiger partial charge < -0.3 is 19.6 Å². The molecule has 0 atom stereocenters. The molecule has 7 nitrogen and oxygen atoms in total. The van der Waals surface area contributed by atoms with Gasteiger partial charge >= 0.3 is 5.97 Å². The van der Waals surface area contributed by atoms with Gasteiger partial charge in [0.05, 0.1) is 24.4 Å². The van der Waals surface area contributed by atoms with E-state index in [-0.39, 0.29) is 27.3 Å². The van der Waals surface area contributed by atoms with E-state index in [1.807, 2.05) is 4.90 Å². The highest BCUT2D eigenvalue weighted by atomic mass is 19.2. The number of nitrogens with zero attached hydrogens (tertiary/aromatic N) is 3. The standard InChI is InChI=1S/C21H19F2N3O4/c1-30-20-17(7-6-15-18(20)26(23)12-16(19(15)27)21(28)29)25-10-8-24(9-11-25)14-4-2-13(22)3-5-14/h2-7,12H,8-11H2,1H3,(H,28,29). The van der Waals surface area contributed by atoms with E-state index in [1.165, 1.54) is 25.3 Å². The number of aromatic carboxylic acids is 1. The molecule has 0 spiro atoms. The number of anilines is 2. The molecule has 0 amide bonds. The van der Waals surface area contributed by atoms with Crippen LogP contribution < -0.4 is 20.0 Å². The Morgan fingerprint density at radius 1 is 1.03 bits per heavy atom. The van der Waals surface area contributed by atoms with Crippen LogP contribution >= 0.6 is 0 Å². The van der Waals surface area contributed by atoms with E-state index in [2.05, 4.69) is 4.90 Å². The largest absolute Gasteiger partial charge is 0.492 e. The van der Waals surface area contributed by atoms with Gasteiger partial charge in [0.15, 0.2) is 5.75 Å². The minimum atomic E-state index is -1.49. The van der Waals surface area contributed by atoms with Crippen molar-refractivity contribution in [3.8, 4) is 5.75 Å². The van der Waals surface area contributed by atoms with E-state index >= 15 is 0 Å². The highest BCUT2D eigenvalue weighted by Crippen LogP contribution is 2.36. The summed E-state index contributed by atoms with van der Waals surface area (Å²) in [6.07, 6.45) is 0.659. The normalized spacial score (nSPS) is 14.2. The number of hydrogen-bond donors (Lipinski definition) is 1. The van der Waals surface area contributed by atoms with Crippen LogP contribution in [0.25, 0.3) is 10.9 Å². The zero-order valence-corrected chi connectivity index (χ0v) is 16.1. The molecule has 1 aliphatic rings. The number of carboxylic acids is 1. The number of benzene rings is 2. The Kier molecular flexibility index (Phi) is 5.03. The third-order valence-corrected chi connectivity index (χ3v) is 5.30. The van der Waals surface area contributed by atoms with Crippen LogP contribution in [0.5, 0.6) is 5.75 Å². The molecule has 0 saturated carbocycles. The second kappa shape index (κ2) is 7.66. The summed E-state index contributed by atoms with van der Waals surface area (Å²) in [4.78, 5) is 27.9. The zero-order chi connectivity index (χ0) is 21.4. The first-order valence-electron chi connectivity index (χ1n) is 9.32. The molecule has 9 heteroatoms. The highest BCUT2D eigenvalue weighted by molar-refractivity contribution is 5.96. The molecule has 1 aliphatic heterocycles. The third-order valence-electron chi connectivity index (χ3n) is 5.30. The fourth-order valence-corrected chi connectivity index (χ4v) is 3.80. The first-order valence-corrected chi connectivity index (χ1v) is 9.32. The number of carbonyl (C=O) groups is 1. The number of fused-ring (bicyclic) bond motifs is 1. The van der Waals surface area contributed by atoms with Crippen molar-refractivity contribution < 1.29 is 23.5 Å². The number of methoxy groups -OCH3 is 1. The topological polar surface area (TPSA) is 75.0 Å². The monoisotopic (exact) mass is 415 g/mol. The van der Waals surface area contributed by atoms with Crippen molar-refractivity contribution in [3.05, 3.63) is 64.2 Å². The molecule has 2 aromatic carbocycles. The van der Waals surface area contributed by atoms with Crippen LogP contribution in [0, 0.1) is 5.82 Å². The van der Waals surface area contributed by atoms with Gasteiger partial charge in [-0.05, 0) is 36.4 Å². The summed E-state index contributed by atoms with van der Waals surface area (Å²) in [5.74, 6) is -1.62. The number of carboxylic acid groups (broad SMARTS) is 1. The lowest BCUT2D eigenvalue weighted by Crippen LogP contribution is -2.46. The number of hydrogen-bond acceptors (Lipinski definition) is 5. The minimum Gasteiger partial charge on any atom is -0.492 e. The molecule has 4 rings (SSSR count). The Hall–Kier alpha value is -3.62. The SMILES string of the molecule is COc1c(N2CCN(c3ccc(F)cc3)CC2)ccc2c(=O)c(C(=O)O)cn(F)c12. The summed E-state index contributed by atoms with van der Waals surface area (Å²) in [5, 5.41) is 9.06. The van der Waals surface area contributed by atoms with Gasteiger partial charge in [0.1, 0.15) is 16.9 Å². The van der Waals surface area contributed by atoms with Gasteiger partial charge in [-0.3, -0.25) is 4.79 Å². The highest BCUT2D eigenvalue weighted by Gasteiger charge is 2.24. The van der Waals surface area contributed by atoms with E-state index in [1.54, 1.807) is 18.2 Å². The number of aromatic nitrogens is 1. The predicted molar refractivity (Wildman–Crippen MR) is 109 cm³/mol. The summed E-state index contributed by atoms with van der Waals surface area (Å²) in [7, 11) is 1.38. The maximum atomic E-state index is 14.7. The molecule has 156 valence electrons. The lowest BCUT2D eigenvalue weighted by Gasteiger charge is -2.38. The summed E-state index contributed by atoms with van der Waals surface area (Å²) in [6, 6.07) is 9.35. The molecule has 1 saturated heterocycles. The lowest BCUT2D eigenvalue weighted by atomic mass is 10.1. The number of pyridine rings is 1. The lowest BCUT2D eigenvalue weighted by molar-refractivity contribution is 0.0693. The van der Waals surface area contributed by atoms with Crippen molar-refractivity contribution in [2.45, 2.75) is 0 Å². The van der Waals surface area contributed by atoms with Gasteiger partial charge in [0, 0.05) is 31.9 Å². The zero-order valence-electron chi connectivity index (χ0n) is 16.1. The van der Waals surface area contributed by atoms with Crippen LogP contribution in [0.3, 0.4) is 0 Å². The van der Waals surface area contributed by atoms with Crippen LogP contribution in [-0.2, 0) is 0 Å². The van der Waals surface area contributed by atoms with Gasteiger partial charge in [-0.25, -0.2) is 9.18 Å². The quantitative estimate of drug-likeness (QED) is 0.706. The number of piperazine rings is 1. The van der Waals surface area contributed by atoms with Crippen molar-refractivity contribution in [3.63, 3.8) is 0 Å². The Morgan fingerprint density at radius 3 is 2.27 bits per heavy atom. The van der Waals surface area contributed by atoms with E-state index in [0.717, 1.165) is 5.69 Å². The van der Waals surface area contributed by atoms with Gasteiger partial charge in [0.2, 0.25) is 5.43 Å². The van der Waals surface area contributed by atoms with Crippen LogP contribution in [0.4, 0.5) is 20.2 Å². The molecule has 2 heterocycles. The molecule has 1 aromatic heterocycles. The smallest absolute Gasteiger partial charge is 0.341 e. The summed E-state index contributed by atoms with van der Waals surface area (Å²) >= 11 is 0. The van der Waals surface area contributed by atoms with Gasteiger partial charge in [-0.2, -0.15) is 4.79 Å². The first kappa shape index (κ1) is 19.7. The Labute approximate surface area is 170 Å². The minimum absolute atomic E-state index is 0.0667. The maximum absolute atomic E-state index is 14.7. The van der Waals surface area contributed by atoms with E-state index in [0.29, 0.717) is 38.1 Å². The molecule has 30 heavy (non-hydrogen) atoms. The van der Waals surface area contributed by atoms with Crippen LogP contribution in [0.1, 0.15) is 10.4 Å². The van der Waals surface area contributed by atoms with E-state index < -0.39 is 17.0 Å². The van der Waals surface area contributed by atoms with E-state index in [9.17, 15) is 18.5 Å². The van der Waals surface area contributed by atoms with Gasteiger partial charge in [-0.1, -0.05) is 4.48 Å². The predicted octanol–water partition coefficient (Wildman–Crippen LogP) is 2.91. The average molecular weight is 415 g/mol. The number of rotatable bonds is 4. The maximum Gasteiger partial charge on any atom is 0.341 e. The second-order valence-electron chi connectivity index (χ2n) is 6.95. The van der Waals surface area contributed by atoms with Gasteiger partial charge in [0.25, 0.3) is 0 Å². The Balaban J connectivity index is 1.67. The molecule has 3 aromatic rings. The van der Waals surface area contributed by atoms with Crippen LogP contribution in [0.2, 0.25) is 0 Å². The number of ether oxygens (including phenoxy) is 1. The third kappa shape index (κ3) is 3.32. The molecule has 0 unspecified atom stereocenters. The van der Waals surface area contributed by atoms with Crippen LogP contribution in [-0.4, -0.2) is 49.2 Å². The first-order chi connectivity index (χ1) is 14.4. The summed E-state index contributed by atoms with van der Waals surface area (Å²) in [6.45, 7) is 2.52. The molecule has 0 radical (unpaired) electrons. The number of halogens is 2. The van der Waals surface area contributed by atoms with Crippen molar-refractivity contribution in [1.82, 2.24) is 4.79 Å². The summed E-state index contributed by atoms with van der Waals surface area (Å²) < 4.78 is 33.3. The van der Waals surface area contributed by atoms with Crippen molar-refractivity contribution in [2.75, 3.05) is 43.1 Å². The van der Waals surface area contributed by atoms with Crippen molar-refractivity contribution in [1.29, 1.82) is 0 Å². The molecule has 0 bridgehead atoms. The molecule has 0 aliphatic carbocycles. The second-order valence-corrected chi connectivity index (χ2v) is 6.95. The summed E-state index contributed by atoms with van der Waals surface area (Å²) in [5.41, 5.74) is 0.00835. The fourth-order valence-electron chi connectivity index (χ4n) is 3.80. The molecule has 1 N–H and O–H groups in total. The fraction of sp³-hybridized carbons (Fsp3) is 0.238.